The zero-order valence-electron chi connectivity index (χ0n) is 7.60. The SMILES string of the molecule is O=C(NCCO)c1cc(CO)ccn1. The highest BCUT2D eigenvalue weighted by Gasteiger charge is 2.06. The van der Waals surface area contributed by atoms with Gasteiger partial charge in [0.25, 0.3) is 5.91 Å². The summed E-state index contributed by atoms with van der Waals surface area (Å²) in [5.74, 6) is -0.352. The third kappa shape index (κ3) is 2.79. The highest BCUT2D eigenvalue weighted by Crippen LogP contribution is 2.01. The summed E-state index contributed by atoms with van der Waals surface area (Å²) >= 11 is 0. The quantitative estimate of drug-likeness (QED) is 0.594. The molecule has 1 rings (SSSR count). The molecule has 14 heavy (non-hydrogen) atoms. The van der Waals surface area contributed by atoms with Crippen molar-refractivity contribution in [1.82, 2.24) is 10.3 Å². The van der Waals surface area contributed by atoms with E-state index in [2.05, 4.69) is 10.3 Å². The molecule has 1 amide bonds. The molecule has 5 nitrogen and oxygen atoms in total. The number of aliphatic hydroxyl groups is 2. The number of hydrogen-bond donors (Lipinski definition) is 3. The van der Waals surface area contributed by atoms with E-state index in [-0.39, 0.29) is 31.4 Å². The van der Waals surface area contributed by atoms with Gasteiger partial charge in [0.1, 0.15) is 5.69 Å². The lowest BCUT2D eigenvalue weighted by molar-refractivity contribution is 0.0939. The Morgan fingerprint density at radius 2 is 2.29 bits per heavy atom. The van der Waals surface area contributed by atoms with Crippen molar-refractivity contribution in [3.8, 4) is 0 Å². The van der Waals surface area contributed by atoms with Gasteiger partial charge in [-0.1, -0.05) is 0 Å². The molecule has 0 unspecified atom stereocenters. The van der Waals surface area contributed by atoms with Crippen LogP contribution in [0.3, 0.4) is 0 Å². The third-order valence-corrected chi connectivity index (χ3v) is 1.64. The topological polar surface area (TPSA) is 82.5 Å². The summed E-state index contributed by atoms with van der Waals surface area (Å²) in [5, 5.41) is 19.8. The van der Waals surface area contributed by atoms with Crippen molar-refractivity contribution in [2.45, 2.75) is 6.61 Å². The molecule has 1 aromatic heterocycles. The molecule has 76 valence electrons. The fourth-order valence-electron chi connectivity index (χ4n) is 0.957. The lowest BCUT2D eigenvalue weighted by Crippen LogP contribution is -2.27. The maximum Gasteiger partial charge on any atom is 0.269 e. The molecular formula is C9H12N2O3. The molecule has 0 radical (unpaired) electrons. The highest BCUT2D eigenvalue weighted by atomic mass is 16.3. The first-order chi connectivity index (χ1) is 6.77. The van der Waals surface area contributed by atoms with Gasteiger partial charge >= 0.3 is 0 Å². The Hall–Kier alpha value is -1.46. The maximum atomic E-state index is 11.3. The van der Waals surface area contributed by atoms with Gasteiger partial charge in [-0.2, -0.15) is 0 Å². The van der Waals surface area contributed by atoms with E-state index in [0.29, 0.717) is 5.56 Å². The van der Waals surface area contributed by atoms with E-state index in [1.54, 1.807) is 6.07 Å². The summed E-state index contributed by atoms with van der Waals surface area (Å²) < 4.78 is 0. The number of pyridine rings is 1. The number of nitrogens with zero attached hydrogens (tertiary/aromatic N) is 1. The molecular weight excluding hydrogens is 184 g/mol. The lowest BCUT2D eigenvalue weighted by atomic mass is 10.2. The number of rotatable bonds is 4. The lowest BCUT2D eigenvalue weighted by Gasteiger charge is -2.03. The predicted molar refractivity (Wildman–Crippen MR) is 49.6 cm³/mol. The smallest absolute Gasteiger partial charge is 0.269 e. The van der Waals surface area contributed by atoms with E-state index in [4.69, 9.17) is 10.2 Å². The molecule has 0 fully saturated rings. The molecule has 0 aliphatic carbocycles. The van der Waals surface area contributed by atoms with Gasteiger partial charge < -0.3 is 15.5 Å². The van der Waals surface area contributed by atoms with Gasteiger partial charge in [-0.05, 0) is 17.7 Å². The number of carbonyl (C=O) groups excluding carboxylic acids is 1. The van der Waals surface area contributed by atoms with E-state index in [0.717, 1.165) is 0 Å². The molecule has 0 aromatic carbocycles. The van der Waals surface area contributed by atoms with E-state index < -0.39 is 0 Å². The molecule has 0 aliphatic heterocycles. The Bertz CT molecular complexity index is 315. The molecule has 0 saturated heterocycles. The normalized spacial score (nSPS) is 9.86. The molecule has 0 bridgehead atoms. The van der Waals surface area contributed by atoms with E-state index in [1.807, 2.05) is 0 Å². The van der Waals surface area contributed by atoms with Crippen LogP contribution in [0.1, 0.15) is 16.1 Å². The largest absolute Gasteiger partial charge is 0.395 e. The van der Waals surface area contributed by atoms with Crippen molar-refractivity contribution >= 4 is 5.91 Å². The zero-order chi connectivity index (χ0) is 10.4. The molecule has 0 atom stereocenters. The summed E-state index contributed by atoms with van der Waals surface area (Å²) in [6.07, 6.45) is 1.46. The van der Waals surface area contributed by atoms with E-state index in [1.165, 1.54) is 12.3 Å². The number of carbonyl (C=O) groups is 1. The summed E-state index contributed by atoms with van der Waals surface area (Å²) in [6.45, 7) is -0.0297. The predicted octanol–water partition coefficient (Wildman–Crippen LogP) is -0.704. The van der Waals surface area contributed by atoms with Crippen LogP contribution in [0.5, 0.6) is 0 Å². The summed E-state index contributed by atoms with van der Waals surface area (Å²) in [7, 11) is 0. The van der Waals surface area contributed by atoms with Gasteiger partial charge in [-0.25, -0.2) is 0 Å². The van der Waals surface area contributed by atoms with Crippen LogP contribution in [0.15, 0.2) is 18.3 Å². The first kappa shape index (κ1) is 10.6. The highest BCUT2D eigenvalue weighted by molar-refractivity contribution is 5.92. The minimum atomic E-state index is -0.352. The average molecular weight is 196 g/mol. The monoisotopic (exact) mass is 196 g/mol. The summed E-state index contributed by atoms with van der Waals surface area (Å²) in [5.41, 5.74) is 0.874. The number of amides is 1. The fourth-order valence-corrected chi connectivity index (χ4v) is 0.957. The second kappa shape index (κ2) is 5.31. The Morgan fingerprint density at radius 1 is 1.50 bits per heavy atom. The minimum absolute atomic E-state index is 0.106. The second-order valence-electron chi connectivity index (χ2n) is 2.69. The molecule has 0 saturated carbocycles. The first-order valence-electron chi connectivity index (χ1n) is 4.22. The minimum Gasteiger partial charge on any atom is -0.395 e. The molecule has 1 aromatic rings. The van der Waals surface area contributed by atoms with Crippen molar-refractivity contribution in [3.05, 3.63) is 29.6 Å². The van der Waals surface area contributed by atoms with Crippen LogP contribution in [-0.2, 0) is 6.61 Å². The molecule has 5 heteroatoms. The van der Waals surface area contributed by atoms with Gasteiger partial charge in [-0.15, -0.1) is 0 Å². The van der Waals surface area contributed by atoms with Crippen LogP contribution in [0.25, 0.3) is 0 Å². The summed E-state index contributed by atoms with van der Waals surface area (Å²) in [4.78, 5) is 15.1. The van der Waals surface area contributed by atoms with Gasteiger partial charge in [0.15, 0.2) is 0 Å². The van der Waals surface area contributed by atoms with Crippen LogP contribution < -0.4 is 5.32 Å². The summed E-state index contributed by atoms with van der Waals surface area (Å²) in [6, 6.07) is 3.13. The van der Waals surface area contributed by atoms with Gasteiger partial charge in [0.05, 0.1) is 13.2 Å². The van der Waals surface area contributed by atoms with Crippen LogP contribution in [-0.4, -0.2) is 34.3 Å². The van der Waals surface area contributed by atoms with Crippen LogP contribution in [0.4, 0.5) is 0 Å². The number of aliphatic hydroxyl groups excluding tert-OH is 2. The van der Waals surface area contributed by atoms with Gasteiger partial charge in [0, 0.05) is 12.7 Å². The van der Waals surface area contributed by atoms with Crippen molar-refractivity contribution < 1.29 is 15.0 Å². The molecule has 1 heterocycles. The van der Waals surface area contributed by atoms with Crippen molar-refractivity contribution in [1.29, 1.82) is 0 Å². The maximum absolute atomic E-state index is 11.3. The van der Waals surface area contributed by atoms with E-state index >= 15 is 0 Å². The molecule has 0 spiro atoms. The Balaban J connectivity index is 2.69. The zero-order valence-corrected chi connectivity index (χ0v) is 7.60. The Kier molecular flexibility index (Phi) is 4.03. The molecule has 3 N–H and O–H groups in total. The number of nitrogens with one attached hydrogen (secondary N) is 1. The third-order valence-electron chi connectivity index (χ3n) is 1.64. The standard InChI is InChI=1S/C9H12N2O3/c12-4-3-11-9(14)8-5-7(6-13)1-2-10-8/h1-2,5,12-13H,3-4,6H2,(H,11,14). The fraction of sp³-hybridized carbons (Fsp3) is 0.333. The molecule has 0 aliphatic rings. The van der Waals surface area contributed by atoms with Gasteiger partial charge in [-0.3, -0.25) is 9.78 Å². The Labute approximate surface area is 81.4 Å². The Morgan fingerprint density at radius 3 is 2.93 bits per heavy atom. The number of hydrogen-bond acceptors (Lipinski definition) is 4. The van der Waals surface area contributed by atoms with Crippen LogP contribution in [0, 0.1) is 0 Å². The second-order valence-corrected chi connectivity index (χ2v) is 2.69. The van der Waals surface area contributed by atoms with Crippen LogP contribution in [0.2, 0.25) is 0 Å². The van der Waals surface area contributed by atoms with Crippen molar-refractivity contribution in [2.24, 2.45) is 0 Å². The van der Waals surface area contributed by atoms with Crippen molar-refractivity contribution in [2.75, 3.05) is 13.2 Å². The van der Waals surface area contributed by atoms with Crippen LogP contribution >= 0.6 is 0 Å². The first-order valence-corrected chi connectivity index (χ1v) is 4.22. The van der Waals surface area contributed by atoms with E-state index in [9.17, 15) is 4.79 Å². The number of aromatic nitrogens is 1. The van der Waals surface area contributed by atoms with Gasteiger partial charge in [0.2, 0.25) is 0 Å². The average Bonchev–Trinajstić information content (AvgIpc) is 2.26. The van der Waals surface area contributed by atoms with Crippen molar-refractivity contribution in [3.63, 3.8) is 0 Å².